The first-order valence-corrected chi connectivity index (χ1v) is 12.0. The van der Waals surface area contributed by atoms with Crippen molar-refractivity contribution in [2.45, 2.75) is 31.5 Å². The van der Waals surface area contributed by atoms with Crippen LogP contribution in [0.2, 0.25) is 0 Å². The number of halogens is 5. The van der Waals surface area contributed by atoms with Gasteiger partial charge in [0.05, 0.1) is 36.2 Å². The largest absolute Gasteiger partial charge is 0.407 e. The maximum atomic E-state index is 14.2. The standard InChI is InChI=1S/C24H23F5N6O2/c25-14-6-16(26)21-31-9-19(34(21)10-14)20-15-8-30-17(7-18(15)35(32-20)12-24(27,28)29)22(36)33-4-3-23(11-33)2-1-5-37-13-23/h6-10,15,18H,1-5,11-13H2. The predicted octanol–water partition coefficient (Wildman–Crippen LogP) is 3.18. The van der Waals surface area contributed by atoms with Crippen LogP contribution >= 0.6 is 0 Å². The van der Waals surface area contributed by atoms with Gasteiger partial charge in [-0.2, -0.15) is 18.3 Å². The quantitative estimate of drug-likeness (QED) is 0.581. The van der Waals surface area contributed by atoms with E-state index >= 15 is 0 Å². The lowest BCUT2D eigenvalue weighted by atomic mass is 9.82. The monoisotopic (exact) mass is 522 g/mol. The zero-order valence-corrected chi connectivity index (χ0v) is 19.6. The van der Waals surface area contributed by atoms with Gasteiger partial charge in [0.25, 0.3) is 5.91 Å². The van der Waals surface area contributed by atoms with Crippen LogP contribution in [0.4, 0.5) is 22.0 Å². The SMILES string of the molecule is O=C(C1=CC2C(C=N1)C(c1cnc3c(F)cc(F)cn13)=NN2CC(F)(F)F)N1CCC2(CCCOC2)C1. The number of rotatable bonds is 3. The highest BCUT2D eigenvalue weighted by Gasteiger charge is 2.46. The Bertz CT molecular complexity index is 1340. The Hall–Kier alpha value is -3.35. The van der Waals surface area contributed by atoms with E-state index in [9.17, 15) is 26.7 Å². The van der Waals surface area contributed by atoms with Crippen molar-refractivity contribution in [2.75, 3.05) is 32.8 Å². The van der Waals surface area contributed by atoms with Crippen LogP contribution in [0, 0.1) is 23.0 Å². The maximum absolute atomic E-state index is 14.2. The molecule has 2 aromatic rings. The Balaban J connectivity index is 1.30. The van der Waals surface area contributed by atoms with Crippen LogP contribution in [0.15, 0.2) is 40.3 Å². The summed E-state index contributed by atoms with van der Waals surface area (Å²) in [7, 11) is 0. The number of aromatic nitrogens is 2. The molecule has 4 aliphatic rings. The molecule has 4 aliphatic heterocycles. The molecule has 1 spiro atoms. The second-order valence-corrected chi connectivity index (χ2v) is 10.0. The molecule has 2 saturated heterocycles. The summed E-state index contributed by atoms with van der Waals surface area (Å²) in [5.41, 5.74) is 0.0430. The van der Waals surface area contributed by atoms with Gasteiger partial charge in [0.15, 0.2) is 11.5 Å². The number of carbonyl (C=O) groups excluding carboxylic acids is 1. The number of pyridine rings is 1. The zero-order valence-electron chi connectivity index (χ0n) is 19.6. The number of carbonyl (C=O) groups is 1. The van der Waals surface area contributed by atoms with E-state index < -0.39 is 36.3 Å². The number of imidazole rings is 1. The fourth-order valence-electron chi connectivity index (χ4n) is 5.71. The summed E-state index contributed by atoms with van der Waals surface area (Å²) in [5.74, 6) is -2.91. The summed E-state index contributed by atoms with van der Waals surface area (Å²) >= 11 is 0. The van der Waals surface area contributed by atoms with Crippen LogP contribution in [0.3, 0.4) is 0 Å². The molecular weight excluding hydrogens is 499 g/mol. The summed E-state index contributed by atoms with van der Waals surface area (Å²) in [6.45, 7) is 0.959. The molecule has 0 saturated carbocycles. The predicted molar refractivity (Wildman–Crippen MR) is 122 cm³/mol. The van der Waals surface area contributed by atoms with Crippen LogP contribution in [-0.4, -0.2) is 82.2 Å². The molecule has 0 radical (unpaired) electrons. The third kappa shape index (κ3) is 4.28. The molecule has 3 atom stereocenters. The van der Waals surface area contributed by atoms with Gasteiger partial charge >= 0.3 is 6.18 Å². The first kappa shape index (κ1) is 24.0. The van der Waals surface area contributed by atoms with E-state index in [0.29, 0.717) is 32.4 Å². The summed E-state index contributed by atoms with van der Waals surface area (Å²) < 4.78 is 75.1. The highest BCUT2D eigenvalue weighted by molar-refractivity contribution is 6.12. The van der Waals surface area contributed by atoms with E-state index in [1.807, 2.05) is 0 Å². The van der Waals surface area contributed by atoms with E-state index in [2.05, 4.69) is 15.1 Å². The minimum absolute atomic E-state index is 0.0499. The van der Waals surface area contributed by atoms with Gasteiger partial charge in [0, 0.05) is 43.6 Å². The molecule has 2 fully saturated rings. The normalized spacial score (nSPS) is 27.7. The van der Waals surface area contributed by atoms with Crippen molar-refractivity contribution in [3.05, 3.63) is 47.6 Å². The number of alkyl halides is 3. The fourth-order valence-corrected chi connectivity index (χ4v) is 5.71. The van der Waals surface area contributed by atoms with Crippen molar-refractivity contribution < 1.29 is 31.5 Å². The first-order valence-electron chi connectivity index (χ1n) is 12.0. The van der Waals surface area contributed by atoms with Crippen molar-refractivity contribution >= 4 is 23.5 Å². The molecule has 3 unspecified atom stereocenters. The van der Waals surface area contributed by atoms with Gasteiger partial charge in [0.1, 0.15) is 18.1 Å². The van der Waals surface area contributed by atoms with Crippen molar-refractivity contribution in [3.8, 4) is 0 Å². The van der Waals surface area contributed by atoms with Gasteiger partial charge in [-0.05, 0) is 25.3 Å². The molecule has 0 N–H and O–H groups in total. The molecule has 1 amide bonds. The van der Waals surface area contributed by atoms with Crippen molar-refractivity contribution in [1.82, 2.24) is 19.3 Å². The zero-order chi connectivity index (χ0) is 25.9. The molecule has 0 bridgehead atoms. The summed E-state index contributed by atoms with van der Waals surface area (Å²) in [4.78, 5) is 23.2. The van der Waals surface area contributed by atoms with Gasteiger partial charge < -0.3 is 9.64 Å². The van der Waals surface area contributed by atoms with Crippen molar-refractivity contribution in [1.29, 1.82) is 0 Å². The minimum atomic E-state index is -4.57. The number of ether oxygens (including phenoxy) is 1. The Morgan fingerprint density at radius 1 is 1.24 bits per heavy atom. The Kier molecular flexibility index (Phi) is 5.58. The van der Waals surface area contributed by atoms with Crippen LogP contribution in [0.1, 0.15) is 25.0 Å². The number of aliphatic imine (C=N–C) groups is 1. The second kappa shape index (κ2) is 8.61. The molecule has 6 heterocycles. The molecule has 2 aromatic heterocycles. The summed E-state index contributed by atoms with van der Waals surface area (Å²) in [5, 5.41) is 5.02. The average molecular weight is 522 g/mol. The lowest BCUT2D eigenvalue weighted by molar-refractivity contribution is -0.148. The topological polar surface area (TPSA) is 74.8 Å². The number of nitrogens with zero attached hydrogens (tertiary/aromatic N) is 6. The van der Waals surface area contributed by atoms with Gasteiger partial charge in [-0.15, -0.1) is 0 Å². The first-order chi connectivity index (χ1) is 17.6. The Labute approximate surface area is 208 Å². The van der Waals surface area contributed by atoms with E-state index in [1.54, 1.807) is 4.90 Å². The third-order valence-corrected chi connectivity index (χ3v) is 7.45. The van der Waals surface area contributed by atoms with Crippen LogP contribution in [-0.2, 0) is 9.53 Å². The molecule has 196 valence electrons. The lowest BCUT2D eigenvalue weighted by Gasteiger charge is -2.33. The summed E-state index contributed by atoms with van der Waals surface area (Å²) in [6, 6.07) is -0.280. The van der Waals surface area contributed by atoms with Crippen molar-refractivity contribution in [2.24, 2.45) is 21.4 Å². The van der Waals surface area contributed by atoms with Gasteiger partial charge in [-0.1, -0.05) is 0 Å². The van der Waals surface area contributed by atoms with E-state index in [-0.39, 0.29) is 34.1 Å². The van der Waals surface area contributed by atoms with Gasteiger partial charge in [-0.3, -0.25) is 19.2 Å². The number of fused-ring (bicyclic) bond motifs is 2. The molecule has 13 heteroatoms. The maximum Gasteiger partial charge on any atom is 0.407 e. The Morgan fingerprint density at radius 2 is 2.08 bits per heavy atom. The second-order valence-electron chi connectivity index (χ2n) is 10.0. The Morgan fingerprint density at radius 3 is 2.84 bits per heavy atom. The van der Waals surface area contributed by atoms with Gasteiger partial charge in [-0.25, -0.2) is 13.8 Å². The van der Waals surface area contributed by atoms with E-state index in [1.165, 1.54) is 18.5 Å². The minimum Gasteiger partial charge on any atom is -0.381 e. The van der Waals surface area contributed by atoms with Crippen molar-refractivity contribution in [3.63, 3.8) is 0 Å². The van der Waals surface area contributed by atoms with Gasteiger partial charge in [0.2, 0.25) is 0 Å². The molecule has 0 aliphatic carbocycles. The fraction of sp³-hybridized carbons (Fsp3) is 0.500. The smallest absolute Gasteiger partial charge is 0.381 e. The number of likely N-dealkylation sites (tertiary alicyclic amines) is 1. The number of hydrazone groups is 1. The van der Waals surface area contributed by atoms with Crippen LogP contribution in [0.5, 0.6) is 0 Å². The highest BCUT2D eigenvalue weighted by atomic mass is 19.4. The van der Waals surface area contributed by atoms with Crippen LogP contribution < -0.4 is 0 Å². The van der Waals surface area contributed by atoms with E-state index in [0.717, 1.165) is 34.9 Å². The molecule has 37 heavy (non-hydrogen) atoms. The molecular formula is C24H23F5N6O2. The molecule has 0 aromatic carbocycles. The lowest BCUT2D eigenvalue weighted by Crippen LogP contribution is -2.41. The molecule has 6 rings (SSSR count). The average Bonchev–Trinajstić information content (AvgIpc) is 3.54. The number of amides is 1. The van der Waals surface area contributed by atoms with E-state index in [4.69, 9.17) is 4.74 Å². The number of hydrogen-bond acceptors (Lipinski definition) is 6. The number of hydrogen-bond donors (Lipinski definition) is 0. The molecule has 8 nitrogen and oxygen atoms in total. The van der Waals surface area contributed by atoms with Crippen LogP contribution in [0.25, 0.3) is 5.65 Å². The summed E-state index contributed by atoms with van der Waals surface area (Å²) in [6.07, 6.45) is 3.14. The highest BCUT2D eigenvalue weighted by Crippen LogP contribution is 2.39. The third-order valence-electron chi connectivity index (χ3n) is 7.45.